The van der Waals surface area contributed by atoms with Crippen molar-refractivity contribution in [3.8, 4) is 0 Å². The van der Waals surface area contributed by atoms with Crippen molar-refractivity contribution in [1.82, 2.24) is 10.2 Å². The third kappa shape index (κ3) is 2.74. The molecule has 0 unspecified atom stereocenters. The van der Waals surface area contributed by atoms with Gasteiger partial charge in [0.05, 0.1) is 12.8 Å². The Balaban J connectivity index is 1.83. The normalized spacial score (nSPS) is 17.0. The molecular formula is C17H18N2O3. The van der Waals surface area contributed by atoms with Crippen molar-refractivity contribution in [3.05, 3.63) is 59.5 Å². The van der Waals surface area contributed by atoms with Crippen LogP contribution < -0.4 is 5.32 Å². The monoisotopic (exact) mass is 298 g/mol. The van der Waals surface area contributed by atoms with Crippen LogP contribution in [0.1, 0.15) is 29.9 Å². The summed E-state index contributed by atoms with van der Waals surface area (Å²) in [5.74, 6) is 0.415. The molecule has 0 saturated carbocycles. The molecule has 5 heteroatoms. The molecular weight excluding hydrogens is 280 g/mol. The topological polar surface area (TPSA) is 62.6 Å². The lowest BCUT2D eigenvalue weighted by atomic mass is 9.92. The van der Waals surface area contributed by atoms with E-state index < -0.39 is 6.04 Å². The van der Waals surface area contributed by atoms with Crippen LogP contribution in [0.25, 0.3) is 0 Å². The molecule has 0 aliphatic carbocycles. The van der Waals surface area contributed by atoms with Crippen LogP contribution in [0.4, 0.5) is 0 Å². The quantitative estimate of drug-likeness (QED) is 0.943. The van der Waals surface area contributed by atoms with E-state index in [0.717, 1.165) is 17.5 Å². The number of carbonyl (C=O) groups excluding carboxylic acids is 2. The van der Waals surface area contributed by atoms with Gasteiger partial charge in [0.1, 0.15) is 11.8 Å². The predicted molar refractivity (Wildman–Crippen MR) is 80.8 cm³/mol. The zero-order valence-electron chi connectivity index (χ0n) is 12.4. The van der Waals surface area contributed by atoms with Crippen LogP contribution >= 0.6 is 0 Å². The first kappa shape index (κ1) is 14.4. The second-order valence-corrected chi connectivity index (χ2v) is 5.36. The van der Waals surface area contributed by atoms with E-state index >= 15 is 0 Å². The van der Waals surface area contributed by atoms with Gasteiger partial charge in [0, 0.05) is 13.5 Å². The zero-order chi connectivity index (χ0) is 15.5. The molecule has 2 heterocycles. The lowest BCUT2D eigenvalue weighted by molar-refractivity contribution is -0.140. The summed E-state index contributed by atoms with van der Waals surface area (Å²) in [6.45, 7) is 2.38. The average molecular weight is 298 g/mol. The molecule has 1 aromatic heterocycles. The minimum Gasteiger partial charge on any atom is -0.467 e. The van der Waals surface area contributed by atoms with Gasteiger partial charge in [0.15, 0.2) is 0 Å². The molecule has 2 amide bonds. The first-order valence-electron chi connectivity index (χ1n) is 7.32. The second-order valence-electron chi connectivity index (χ2n) is 5.36. The zero-order valence-corrected chi connectivity index (χ0v) is 12.4. The number of amides is 2. The van der Waals surface area contributed by atoms with Gasteiger partial charge in [0.25, 0.3) is 0 Å². The lowest BCUT2D eigenvalue weighted by Gasteiger charge is -2.35. The van der Waals surface area contributed by atoms with Gasteiger partial charge in [-0.05, 0) is 29.7 Å². The first-order chi connectivity index (χ1) is 10.7. The lowest BCUT2D eigenvalue weighted by Crippen LogP contribution is -2.46. The third-order valence-electron chi connectivity index (χ3n) is 3.95. The van der Waals surface area contributed by atoms with Crippen molar-refractivity contribution in [2.24, 2.45) is 0 Å². The molecule has 1 atom stereocenters. The van der Waals surface area contributed by atoms with Gasteiger partial charge >= 0.3 is 0 Å². The van der Waals surface area contributed by atoms with Crippen molar-refractivity contribution in [2.45, 2.75) is 25.9 Å². The summed E-state index contributed by atoms with van der Waals surface area (Å²) in [5, 5.41) is 2.85. The van der Waals surface area contributed by atoms with Gasteiger partial charge in [-0.2, -0.15) is 0 Å². The summed E-state index contributed by atoms with van der Waals surface area (Å²) >= 11 is 0. The van der Waals surface area contributed by atoms with Crippen molar-refractivity contribution in [2.75, 3.05) is 6.54 Å². The highest BCUT2D eigenvalue weighted by Crippen LogP contribution is 2.30. The minimum atomic E-state index is -0.572. The van der Waals surface area contributed by atoms with Crippen LogP contribution in [0.15, 0.2) is 47.1 Å². The Morgan fingerprint density at radius 1 is 1.27 bits per heavy atom. The van der Waals surface area contributed by atoms with Crippen LogP contribution in [0.5, 0.6) is 0 Å². The van der Waals surface area contributed by atoms with Gasteiger partial charge in [-0.15, -0.1) is 0 Å². The van der Waals surface area contributed by atoms with E-state index in [1.807, 2.05) is 24.3 Å². The number of hydrogen-bond donors (Lipinski definition) is 1. The molecule has 3 rings (SSSR count). The summed E-state index contributed by atoms with van der Waals surface area (Å²) < 4.78 is 5.22. The van der Waals surface area contributed by atoms with Crippen molar-refractivity contribution >= 4 is 11.8 Å². The Labute approximate surface area is 128 Å². The summed E-state index contributed by atoms with van der Waals surface area (Å²) in [5.41, 5.74) is 2.03. The number of hydrogen-bond acceptors (Lipinski definition) is 3. The number of furan rings is 1. The Bertz CT molecular complexity index is 679. The average Bonchev–Trinajstić information content (AvgIpc) is 3.04. The van der Waals surface area contributed by atoms with Crippen molar-refractivity contribution in [3.63, 3.8) is 0 Å². The number of carbonyl (C=O) groups is 2. The van der Waals surface area contributed by atoms with E-state index in [1.54, 1.807) is 23.3 Å². The second kappa shape index (κ2) is 6.05. The molecule has 0 spiro atoms. The SMILES string of the molecule is CC(=O)N1CCc2ccccc2[C@@H]1C(=O)NCc1ccco1. The summed E-state index contributed by atoms with van der Waals surface area (Å²) in [7, 11) is 0. The van der Waals surface area contributed by atoms with E-state index in [4.69, 9.17) is 4.42 Å². The fraction of sp³-hybridized carbons (Fsp3) is 0.294. The van der Waals surface area contributed by atoms with Crippen molar-refractivity contribution in [1.29, 1.82) is 0 Å². The van der Waals surface area contributed by atoms with Gasteiger partial charge in [-0.3, -0.25) is 9.59 Å². The molecule has 114 valence electrons. The van der Waals surface area contributed by atoms with E-state index in [0.29, 0.717) is 18.8 Å². The summed E-state index contributed by atoms with van der Waals surface area (Å²) in [6, 6.07) is 10.8. The van der Waals surface area contributed by atoms with Crippen LogP contribution in [0, 0.1) is 0 Å². The number of fused-ring (bicyclic) bond motifs is 1. The maximum atomic E-state index is 12.6. The highest BCUT2D eigenvalue weighted by molar-refractivity contribution is 5.88. The molecule has 0 bridgehead atoms. The van der Waals surface area contributed by atoms with Crippen LogP contribution in [0.3, 0.4) is 0 Å². The number of rotatable bonds is 3. The number of nitrogens with zero attached hydrogens (tertiary/aromatic N) is 1. The van der Waals surface area contributed by atoms with Gasteiger partial charge < -0.3 is 14.6 Å². The van der Waals surface area contributed by atoms with E-state index in [1.165, 1.54) is 6.92 Å². The Morgan fingerprint density at radius 3 is 2.82 bits per heavy atom. The Kier molecular flexibility index (Phi) is 3.96. The number of benzene rings is 1. The Hall–Kier alpha value is -2.56. The fourth-order valence-electron chi connectivity index (χ4n) is 2.87. The molecule has 1 aliphatic heterocycles. The molecule has 1 aliphatic rings. The minimum absolute atomic E-state index is 0.0901. The van der Waals surface area contributed by atoms with E-state index in [9.17, 15) is 9.59 Å². The smallest absolute Gasteiger partial charge is 0.247 e. The number of nitrogens with one attached hydrogen (secondary N) is 1. The van der Waals surface area contributed by atoms with E-state index in [-0.39, 0.29) is 11.8 Å². The van der Waals surface area contributed by atoms with E-state index in [2.05, 4.69) is 5.32 Å². The molecule has 1 N–H and O–H groups in total. The van der Waals surface area contributed by atoms with Gasteiger partial charge in [-0.25, -0.2) is 0 Å². The van der Waals surface area contributed by atoms with Gasteiger partial charge in [-0.1, -0.05) is 24.3 Å². The maximum Gasteiger partial charge on any atom is 0.247 e. The molecule has 0 saturated heterocycles. The summed E-state index contributed by atoms with van der Waals surface area (Å²) in [4.78, 5) is 26.1. The Morgan fingerprint density at radius 2 is 2.09 bits per heavy atom. The molecule has 2 aromatic rings. The first-order valence-corrected chi connectivity index (χ1v) is 7.32. The third-order valence-corrected chi connectivity index (χ3v) is 3.95. The molecule has 5 nitrogen and oxygen atoms in total. The van der Waals surface area contributed by atoms with Crippen LogP contribution in [-0.4, -0.2) is 23.3 Å². The molecule has 0 radical (unpaired) electrons. The maximum absolute atomic E-state index is 12.6. The molecule has 22 heavy (non-hydrogen) atoms. The molecule has 1 aromatic carbocycles. The van der Waals surface area contributed by atoms with Crippen LogP contribution in [-0.2, 0) is 22.6 Å². The fourth-order valence-corrected chi connectivity index (χ4v) is 2.87. The predicted octanol–water partition coefficient (Wildman–Crippen LogP) is 2.04. The van der Waals surface area contributed by atoms with Gasteiger partial charge in [0.2, 0.25) is 11.8 Å². The van der Waals surface area contributed by atoms with Crippen LogP contribution in [0.2, 0.25) is 0 Å². The summed E-state index contributed by atoms with van der Waals surface area (Å²) in [6.07, 6.45) is 2.34. The highest BCUT2D eigenvalue weighted by atomic mass is 16.3. The molecule has 0 fully saturated rings. The standard InChI is InChI=1S/C17H18N2O3/c1-12(20)19-9-8-13-5-2-3-7-15(13)16(19)17(21)18-11-14-6-4-10-22-14/h2-7,10,16H,8-9,11H2,1H3,(H,18,21)/t16-/m1/s1. The van der Waals surface area contributed by atoms with Crippen molar-refractivity contribution < 1.29 is 14.0 Å². The highest BCUT2D eigenvalue weighted by Gasteiger charge is 2.34. The largest absolute Gasteiger partial charge is 0.467 e.